The van der Waals surface area contributed by atoms with Crippen molar-refractivity contribution in [3.63, 3.8) is 0 Å². The van der Waals surface area contributed by atoms with Gasteiger partial charge >= 0.3 is 0 Å². The minimum atomic E-state index is 0.263. The topological polar surface area (TPSA) is 29.9 Å². The van der Waals surface area contributed by atoms with Gasteiger partial charge in [-0.3, -0.25) is 0 Å². The van der Waals surface area contributed by atoms with Gasteiger partial charge in [0.15, 0.2) is 0 Å². The van der Waals surface area contributed by atoms with Crippen molar-refractivity contribution in [2.24, 2.45) is 0 Å². The molecule has 1 unspecified atom stereocenters. The van der Waals surface area contributed by atoms with E-state index in [2.05, 4.69) is 60.1 Å². The minimum absolute atomic E-state index is 0.263. The molecule has 0 aliphatic heterocycles. The molecule has 3 aromatic rings. The summed E-state index contributed by atoms with van der Waals surface area (Å²) in [5, 5.41) is 10.2. The van der Waals surface area contributed by atoms with E-state index in [0.29, 0.717) is 6.04 Å². The summed E-state index contributed by atoms with van der Waals surface area (Å²) in [6.45, 7) is 4.38. The van der Waals surface area contributed by atoms with Crippen LogP contribution in [0.15, 0.2) is 60.2 Å². The van der Waals surface area contributed by atoms with Crippen molar-refractivity contribution < 1.29 is 0 Å². The summed E-state index contributed by atoms with van der Waals surface area (Å²) in [6.07, 6.45) is 4.03. The third-order valence-corrected chi connectivity index (χ3v) is 4.65. The molecule has 0 amide bonds. The second kappa shape index (κ2) is 6.24. The van der Waals surface area contributed by atoms with E-state index in [9.17, 15) is 0 Å². The van der Waals surface area contributed by atoms with Gasteiger partial charge in [-0.2, -0.15) is 5.10 Å². The predicted molar refractivity (Wildman–Crippen MR) is 87.8 cm³/mol. The highest BCUT2D eigenvalue weighted by Crippen LogP contribution is 2.22. The zero-order valence-corrected chi connectivity index (χ0v) is 13.0. The molecule has 2 aromatic heterocycles. The second-order valence-electron chi connectivity index (χ2n) is 5.18. The monoisotopic (exact) mass is 297 g/mol. The predicted octanol–water partition coefficient (Wildman–Crippen LogP) is 4.35. The molecular formula is C17H19N3S. The van der Waals surface area contributed by atoms with Crippen LogP contribution in [-0.2, 0) is 0 Å². The Kier molecular flexibility index (Phi) is 4.18. The number of hydrogen-bond donors (Lipinski definition) is 1. The molecule has 0 saturated heterocycles. The SMILES string of the molecule is CC(N[C@@H](C)c1cccs1)c1cnn(-c2ccccc2)c1. The van der Waals surface area contributed by atoms with Crippen LogP contribution in [0, 0.1) is 0 Å². The maximum Gasteiger partial charge on any atom is 0.0645 e. The molecule has 1 N–H and O–H groups in total. The van der Waals surface area contributed by atoms with Crippen molar-refractivity contribution in [3.05, 3.63) is 70.7 Å². The van der Waals surface area contributed by atoms with Crippen molar-refractivity contribution in [1.82, 2.24) is 15.1 Å². The molecule has 3 nitrogen and oxygen atoms in total. The fourth-order valence-corrected chi connectivity index (χ4v) is 3.12. The van der Waals surface area contributed by atoms with E-state index >= 15 is 0 Å². The Morgan fingerprint density at radius 2 is 1.86 bits per heavy atom. The Hall–Kier alpha value is -1.91. The molecule has 4 heteroatoms. The van der Waals surface area contributed by atoms with Crippen LogP contribution in [0.3, 0.4) is 0 Å². The van der Waals surface area contributed by atoms with E-state index in [-0.39, 0.29) is 6.04 Å². The van der Waals surface area contributed by atoms with Gasteiger partial charge in [-0.05, 0) is 37.4 Å². The van der Waals surface area contributed by atoms with Crippen molar-refractivity contribution in [2.75, 3.05) is 0 Å². The van der Waals surface area contributed by atoms with Crippen molar-refractivity contribution in [2.45, 2.75) is 25.9 Å². The van der Waals surface area contributed by atoms with Crippen LogP contribution in [-0.4, -0.2) is 9.78 Å². The lowest BCUT2D eigenvalue weighted by atomic mass is 10.1. The van der Waals surface area contributed by atoms with E-state index in [0.717, 1.165) is 5.69 Å². The highest BCUT2D eigenvalue weighted by Gasteiger charge is 2.13. The number of thiophene rings is 1. The standard InChI is InChI=1S/C17H19N3S/c1-13(19-14(2)17-9-6-10-21-17)15-11-18-20(12-15)16-7-4-3-5-8-16/h3-14,19H,1-2H3/t13?,14-/m0/s1. The summed E-state index contributed by atoms with van der Waals surface area (Å²) >= 11 is 1.79. The van der Waals surface area contributed by atoms with Gasteiger partial charge in [0, 0.05) is 28.7 Å². The van der Waals surface area contributed by atoms with Gasteiger partial charge in [-0.25, -0.2) is 4.68 Å². The molecule has 0 radical (unpaired) electrons. The largest absolute Gasteiger partial charge is 0.303 e. The zero-order chi connectivity index (χ0) is 14.7. The highest BCUT2D eigenvalue weighted by atomic mass is 32.1. The third-order valence-electron chi connectivity index (χ3n) is 3.59. The molecule has 3 rings (SSSR count). The van der Waals surface area contributed by atoms with Crippen molar-refractivity contribution >= 4 is 11.3 Å². The minimum Gasteiger partial charge on any atom is -0.303 e. The summed E-state index contributed by atoms with van der Waals surface area (Å²) in [4.78, 5) is 1.36. The van der Waals surface area contributed by atoms with Crippen LogP contribution < -0.4 is 5.32 Å². The Morgan fingerprint density at radius 1 is 1.05 bits per heavy atom. The van der Waals surface area contributed by atoms with Gasteiger partial charge < -0.3 is 5.32 Å². The van der Waals surface area contributed by atoms with Crippen LogP contribution >= 0.6 is 11.3 Å². The van der Waals surface area contributed by atoms with Crippen LogP contribution in [0.5, 0.6) is 0 Å². The summed E-state index contributed by atoms with van der Waals surface area (Å²) < 4.78 is 1.92. The van der Waals surface area contributed by atoms with E-state index in [1.165, 1.54) is 10.4 Å². The summed E-state index contributed by atoms with van der Waals surface area (Å²) in [7, 11) is 0. The molecule has 1 aromatic carbocycles. The summed E-state index contributed by atoms with van der Waals surface area (Å²) in [6, 6.07) is 15.1. The van der Waals surface area contributed by atoms with Crippen molar-refractivity contribution in [3.8, 4) is 5.69 Å². The Bertz CT molecular complexity index is 673. The molecule has 0 aliphatic rings. The fourth-order valence-electron chi connectivity index (χ4n) is 2.37. The molecule has 2 heterocycles. The fraction of sp³-hybridized carbons (Fsp3) is 0.235. The molecule has 0 saturated carbocycles. The maximum absolute atomic E-state index is 4.46. The Labute approximate surface area is 129 Å². The lowest BCUT2D eigenvalue weighted by Crippen LogP contribution is -2.21. The zero-order valence-electron chi connectivity index (χ0n) is 12.2. The molecule has 0 aliphatic carbocycles. The van der Waals surface area contributed by atoms with E-state index in [1.807, 2.05) is 29.1 Å². The highest BCUT2D eigenvalue weighted by molar-refractivity contribution is 7.10. The first-order valence-electron chi connectivity index (χ1n) is 7.13. The number of nitrogens with one attached hydrogen (secondary N) is 1. The second-order valence-corrected chi connectivity index (χ2v) is 6.16. The quantitative estimate of drug-likeness (QED) is 0.759. The van der Waals surface area contributed by atoms with Gasteiger partial charge in [-0.1, -0.05) is 24.3 Å². The summed E-state index contributed by atoms with van der Waals surface area (Å²) in [5.41, 5.74) is 2.28. The van der Waals surface area contributed by atoms with Gasteiger partial charge in [0.25, 0.3) is 0 Å². The molecular weight excluding hydrogens is 278 g/mol. The number of hydrogen-bond acceptors (Lipinski definition) is 3. The van der Waals surface area contributed by atoms with Gasteiger partial charge in [0.1, 0.15) is 0 Å². The first-order chi connectivity index (χ1) is 10.2. The average Bonchev–Trinajstić information content (AvgIpc) is 3.20. The van der Waals surface area contributed by atoms with E-state index < -0.39 is 0 Å². The number of rotatable bonds is 5. The van der Waals surface area contributed by atoms with E-state index in [1.54, 1.807) is 11.3 Å². The maximum atomic E-state index is 4.46. The number of nitrogens with zero attached hydrogens (tertiary/aromatic N) is 2. The molecule has 21 heavy (non-hydrogen) atoms. The number of aromatic nitrogens is 2. The molecule has 0 fully saturated rings. The van der Waals surface area contributed by atoms with E-state index in [4.69, 9.17) is 0 Å². The Balaban J connectivity index is 1.71. The van der Waals surface area contributed by atoms with Gasteiger partial charge in [-0.15, -0.1) is 11.3 Å². The number of para-hydroxylation sites is 1. The van der Waals surface area contributed by atoms with Crippen molar-refractivity contribution in [1.29, 1.82) is 0 Å². The lowest BCUT2D eigenvalue weighted by Gasteiger charge is -2.17. The van der Waals surface area contributed by atoms with Crippen LogP contribution in [0.25, 0.3) is 5.69 Å². The van der Waals surface area contributed by atoms with Crippen LogP contribution in [0.1, 0.15) is 36.4 Å². The normalized spacial score (nSPS) is 14.0. The van der Waals surface area contributed by atoms with Gasteiger partial charge in [0.05, 0.1) is 11.9 Å². The lowest BCUT2D eigenvalue weighted by molar-refractivity contribution is 0.500. The first kappa shape index (κ1) is 14.0. The van der Waals surface area contributed by atoms with Crippen LogP contribution in [0.2, 0.25) is 0 Å². The van der Waals surface area contributed by atoms with Gasteiger partial charge in [0.2, 0.25) is 0 Å². The third kappa shape index (κ3) is 3.23. The summed E-state index contributed by atoms with van der Waals surface area (Å²) in [5.74, 6) is 0. The molecule has 108 valence electrons. The molecule has 0 spiro atoms. The number of benzene rings is 1. The molecule has 0 bridgehead atoms. The Morgan fingerprint density at radius 3 is 2.57 bits per heavy atom. The first-order valence-corrected chi connectivity index (χ1v) is 8.01. The smallest absolute Gasteiger partial charge is 0.0645 e. The molecule has 2 atom stereocenters. The van der Waals surface area contributed by atoms with Crippen LogP contribution in [0.4, 0.5) is 0 Å². The average molecular weight is 297 g/mol.